The molecule has 21 heavy (non-hydrogen) atoms. The Balaban J connectivity index is 1.98. The van der Waals surface area contributed by atoms with Crippen LogP contribution >= 0.6 is 0 Å². The van der Waals surface area contributed by atoms with Gasteiger partial charge in [0.25, 0.3) is 0 Å². The van der Waals surface area contributed by atoms with E-state index in [1.165, 1.54) is 17.5 Å². The van der Waals surface area contributed by atoms with Crippen LogP contribution in [0.2, 0.25) is 0 Å². The second-order valence-corrected chi connectivity index (χ2v) is 5.71. The van der Waals surface area contributed by atoms with Crippen molar-refractivity contribution >= 4 is 0 Å². The monoisotopic (exact) mass is 281 g/mol. The van der Waals surface area contributed by atoms with Crippen LogP contribution in [0, 0.1) is 6.92 Å². The number of aryl methyl sites for hydroxylation is 1. The van der Waals surface area contributed by atoms with Gasteiger partial charge < -0.3 is 5.32 Å². The molecule has 0 bridgehead atoms. The molecule has 1 aromatic carbocycles. The summed E-state index contributed by atoms with van der Waals surface area (Å²) >= 11 is 0. The number of rotatable bonds is 3. The highest BCUT2D eigenvalue weighted by atomic mass is 15.2. The highest BCUT2D eigenvalue weighted by Crippen LogP contribution is 2.28. The third-order valence-corrected chi connectivity index (χ3v) is 4.07. The quantitative estimate of drug-likeness (QED) is 0.937. The zero-order chi connectivity index (χ0) is 14.5. The van der Waals surface area contributed by atoms with Crippen molar-refractivity contribution in [2.24, 2.45) is 0 Å². The summed E-state index contributed by atoms with van der Waals surface area (Å²) in [4.78, 5) is 7.18. The van der Waals surface area contributed by atoms with E-state index in [0.717, 1.165) is 31.9 Å². The first-order valence-electron chi connectivity index (χ1n) is 7.77. The number of aromatic nitrogens is 1. The van der Waals surface area contributed by atoms with Crippen LogP contribution in [0.25, 0.3) is 0 Å². The Morgan fingerprint density at radius 3 is 2.86 bits per heavy atom. The molecule has 1 fully saturated rings. The first-order chi connectivity index (χ1) is 10.3. The van der Waals surface area contributed by atoms with Crippen molar-refractivity contribution in [3.05, 3.63) is 65.5 Å². The van der Waals surface area contributed by atoms with Gasteiger partial charge in [0, 0.05) is 25.8 Å². The van der Waals surface area contributed by atoms with E-state index in [0.29, 0.717) is 0 Å². The molecule has 1 aliphatic rings. The van der Waals surface area contributed by atoms with E-state index < -0.39 is 0 Å². The van der Waals surface area contributed by atoms with Gasteiger partial charge in [-0.25, -0.2) is 0 Å². The molecule has 0 saturated carbocycles. The summed E-state index contributed by atoms with van der Waals surface area (Å²) in [5, 5.41) is 3.48. The van der Waals surface area contributed by atoms with Gasteiger partial charge in [-0.1, -0.05) is 35.9 Å². The van der Waals surface area contributed by atoms with Crippen molar-refractivity contribution in [3.8, 4) is 0 Å². The molecule has 1 saturated heterocycles. The Morgan fingerprint density at radius 2 is 2.05 bits per heavy atom. The van der Waals surface area contributed by atoms with Crippen LogP contribution in [-0.2, 0) is 0 Å². The zero-order valence-electron chi connectivity index (χ0n) is 12.6. The zero-order valence-corrected chi connectivity index (χ0v) is 12.6. The summed E-state index contributed by atoms with van der Waals surface area (Å²) in [6, 6.07) is 15.3. The molecule has 2 aromatic rings. The number of nitrogens with zero attached hydrogens (tertiary/aromatic N) is 2. The van der Waals surface area contributed by atoms with Crippen molar-refractivity contribution < 1.29 is 0 Å². The average molecular weight is 281 g/mol. The van der Waals surface area contributed by atoms with Crippen LogP contribution in [0.15, 0.2) is 48.7 Å². The first kappa shape index (κ1) is 14.2. The molecule has 1 N–H and O–H groups in total. The first-order valence-corrected chi connectivity index (χ1v) is 7.77. The van der Waals surface area contributed by atoms with Gasteiger partial charge >= 0.3 is 0 Å². The number of hydrogen-bond donors (Lipinski definition) is 1. The molecule has 1 aromatic heterocycles. The van der Waals surface area contributed by atoms with Gasteiger partial charge in [0.05, 0.1) is 11.7 Å². The van der Waals surface area contributed by atoms with Crippen LogP contribution in [-0.4, -0.2) is 36.1 Å². The number of benzene rings is 1. The minimum atomic E-state index is 0.256. The molecule has 3 nitrogen and oxygen atoms in total. The lowest BCUT2D eigenvalue weighted by Crippen LogP contribution is -2.33. The van der Waals surface area contributed by atoms with E-state index in [-0.39, 0.29) is 6.04 Å². The Bertz CT molecular complexity index is 560. The summed E-state index contributed by atoms with van der Waals surface area (Å²) < 4.78 is 0. The van der Waals surface area contributed by atoms with Gasteiger partial charge in [-0.2, -0.15) is 0 Å². The third-order valence-electron chi connectivity index (χ3n) is 4.07. The molecular weight excluding hydrogens is 258 g/mol. The molecule has 2 heterocycles. The van der Waals surface area contributed by atoms with Crippen LogP contribution < -0.4 is 5.32 Å². The fraction of sp³-hybridized carbons (Fsp3) is 0.389. The summed E-state index contributed by atoms with van der Waals surface area (Å²) in [6.45, 7) is 6.49. The Hall–Kier alpha value is -1.71. The number of nitrogens with one attached hydrogen (secondary N) is 1. The minimum Gasteiger partial charge on any atom is -0.315 e. The normalized spacial score (nSPS) is 18.1. The van der Waals surface area contributed by atoms with Gasteiger partial charge in [-0.15, -0.1) is 0 Å². The maximum Gasteiger partial charge on any atom is 0.0776 e. The lowest BCUT2D eigenvalue weighted by Gasteiger charge is -2.30. The molecule has 3 rings (SSSR count). The van der Waals surface area contributed by atoms with Gasteiger partial charge in [-0.05, 0) is 37.6 Å². The number of pyridine rings is 1. The SMILES string of the molecule is Cc1cccc(C(c2ccccn2)N2CCCNCC2)c1. The second kappa shape index (κ2) is 6.83. The van der Waals surface area contributed by atoms with E-state index >= 15 is 0 Å². The molecule has 1 atom stereocenters. The van der Waals surface area contributed by atoms with Gasteiger partial charge in [-0.3, -0.25) is 9.88 Å². The van der Waals surface area contributed by atoms with Gasteiger partial charge in [0.2, 0.25) is 0 Å². The van der Waals surface area contributed by atoms with Gasteiger partial charge in [0.1, 0.15) is 0 Å². The molecule has 0 aliphatic carbocycles. The predicted molar refractivity (Wildman–Crippen MR) is 86.3 cm³/mol. The van der Waals surface area contributed by atoms with E-state index in [1.807, 2.05) is 12.3 Å². The van der Waals surface area contributed by atoms with E-state index in [1.54, 1.807) is 0 Å². The fourth-order valence-corrected chi connectivity index (χ4v) is 3.07. The predicted octanol–water partition coefficient (Wildman–Crippen LogP) is 2.77. The molecule has 3 heteroatoms. The molecule has 0 spiro atoms. The third kappa shape index (κ3) is 3.49. The topological polar surface area (TPSA) is 28.2 Å². The number of hydrogen-bond acceptors (Lipinski definition) is 3. The molecular formula is C18H23N3. The highest BCUT2D eigenvalue weighted by molar-refractivity contribution is 5.31. The van der Waals surface area contributed by atoms with Crippen molar-refractivity contribution in [1.29, 1.82) is 0 Å². The van der Waals surface area contributed by atoms with Crippen LogP contribution in [0.5, 0.6) is 0 Å². The van der Waals surface area contributed by atoms with Crippen LogP contribution in [0.1, 0.15) is 29.3 Å². The summed E-state index contributed by atoms with van der Waals surface area (Å²) in [7, 11) is 0. The van der Waals surface area contributed by atoms with E-state index in [2.05, 4.69) is 58.5 Å². The van der Waals surface area contributed by atoms with Gasteiger partial charge in [0.15, 0.2) is 0 Å². The van der Waals surface area contributed by atoms with Crippen LogP contribution in [0.4, 0.5) is 0 Å². The molecule has 1 aliphatic heterocycles. The average Bonchev–Trinajstić information content (AvgIpc) is 2.78. The summed E-state index contributed by atoms with van der Waals surface area (Å²) in [5.74, 6) is 0. The molecule has 110 valence electrons. The van der Waals surface area contributed by atoms with Crippen molar-refractivity contribution in [1.82, 2.24) is 15.2 Å². The molecule has 1 unspecified atom stereocenters. The Morgan fingerprint density at radius 1 is 1.10 bits per heavy atom. The van der Waals surface area contributed by atoms with Crippen molar-refractivity contribution in [2.45, 2.75) is 19.4 Å². The fourth-order valence-electron chi connectivity index (χ4n) is 3.07. The van der Waals surface area contributed by atoms with E-state index in [9.17, 15) is 0 Å². The molecule has 0 amide bonds. The smallest absolute Gasteiger partial charge is 0.0776 e. The molecule has 0 radical (unpaired) electrons. The summed E-state index contributed by atoms with van der Waals surface area (Å²) in [6.07, 6.45) is 3.09. The lowest BCUT2D eigenvalue weighted by molar-refractivity contribution is 0.237. The Kier molecular flexibility index (Phi) is 4.63. The maximum absolute atomic E-state index is 4.63. The lowest BCUT2D eigenvalue weighted by atomic mass is 9.99. The standard InChI is InChI=1S/C18H23N3/c1-15-6-4-7-16(14-15)18(17-8-2-3-10-20-17)21-12-5-9-19-11-13-21/h2-4,6-8,10,14,18-19H,5,9,11-13H2,1H3. The minimum absolute atomic E-state index is 0.256. The second-order valence-electron chi connectivity index (χ2n) is 5.71. The largest absolute Gasteiger partial charge is 0.315 e. The van der Waals surface area contributed by atoms with E-state index in [4.69, 9.17) is 0 Å². The van der Waals surface area contributed by atoms with Crippen molar-refractivity contribution in [2.75, 3.05) is 26.2 Å². The van der Waals surface area contributed by atoms with Crippen molar-refractivity contribution in [3.63, 3.8) is 0 Å². The Labute approximate surface area is 127 Å². The summed E-state index contributed by atoms with van der Waals surface area (Å²) in [5.41, 5.74) is 3.79. The maximum atomic E-state index is 4.63. The van der Waals surface area contributed by atoms with Crippen LogP contribution in [0.3, 0.4) is 0 Å². The highest BCUT2D eigenvalue weighted by Gasteiger charge is 2.24.